The average molecular weight is 235 g/mol. The summed E-state index contributed by atoms with van der Waals surface area (Å²) in [5.74, 6) is 0.471. The molecular weight excluding hydrogens is 213 g/mol. The third kappa shape index (κ3) is 2.52. The number of rotatable bonds is 3. The van der Waals surface area contributed by atoms with E-state index in [4.69, 9.17) is 0 Å². The second-order valence-corrected chi connectivity index (χ2v) is 5.59. The Hall–Kier alpha value is -0.890. The summed E-state index contributed by atoms with van der Waals surface area (Å²) in [4.78, 5) is 0. The third-order valence-electron chi connectivity index (χ3n) is 4.19. The van der Waals surface area contributed by atoms with Gasteiger partial charge in [-0.2, -0.15) is 0 Å². The molecule has 1 aromatic carbocycles. The maximum atomic E-state index is 13.1. The molecule has 2 heteroatoms. The van der Waals surface area contributed by atoms with Crippen LogP contribution in [0.2, 0.25) is 0 Å². The van der Waals surface area contributed by atoms with E-state index in [-0.39, 0.29) is 11.4 Å². The average Bonchev–Trinajstić information content (AvgIpc) is 2.72. The van der Waals surface area contributed by atoms with Crippen LogP contribution >= 0.6 is 0 Å². The van der Waals surface area contributed by atoms with Crippen molar-refractivity contribution >= 4 is 0 Å². The number of benzene rings is 1. The molecule has 0 aliphatic carbocycles. The highest BCUT2D eigenvalue weighted by Gasteiger charge is 2.36. The van der Waals surface area contributed by atoms with Crippen LogP contribution in [0.1, 0.15) is 37.8 Å². The smallest absolute Gasteiger partial charge is 0.123 e. The Balaban J connectivity index is 2.23. The summed E-state index contributed by atoms with van der Waals surface area (Å²) in [6, 6.07) is 5.15. The van der Waals surface area contributed by atoms with E-state index in [1.807, 2.05) is 13.0 Å². The lowest BCUT2D eigenvalue weighted by Crippen LogP contribution is -2.46. The molecule has 17 heavy (non-hydrogen) atoms. The van der Waals surface area contributed by atoms with Gasteiger partial charge < -0.3 is 5.32 Å². The number of hydrogen-bond donors (Lipinski definition) is 1. The molecular formula is C15H22FN. The highest BCUT2D eigenvalue weighted by Crippen LogP contribution is 2.32. The second kappa shape index (κ2) is 4.77. The van der Waals surface area contributed by atoms with Gasteiger partial charge in [0.05, 0.1) is 0 Å². The minimum absolute atomic E-state index is 0.135. The summed E-state index contributed by atoms with van der Waals surface area (Å²) < 4.78 is 13.1. The first-order valence-corrected chi connectivity index (χ1v) is 6.53. The molecule has 0 aromatic heterocycles. The second-order valence-electron chi connectivity index (χ2n) is 5.59. The van der Waals surface area contributed by atoms with E-state index in [1.54, 1.807) is 12.1 Å². The summed E-state index contributed by atoms with van der Waals surface area (Å²) in [6.07, 6.45) is 3.48. The molecule has 0 saturated carbocycles. The summed E-state index contributed by atoms with van der Waals surface area (Å²) in [5.41, 5.74) is 2.55. The minimum Gasteiger partial charge on any atom is -0.311 e. The number of nitrogens with one attached hydrogen (secondary N) is 1. The molecule has 1 heterocycles. The van der Waals surface area contributed by atoms with Crippen LogP contribution in [-0.2, 0) is 6.42 Å². The van der Waals surface area contributed by atoms with E-state index in [2.05, 4.69) is 19.2 Å². The molecule has 2 rings (SSSR count). The number of halogens is 1. The largest absolute Gasteiger partial charge is 0.311 e. The highest BCUT2D eigenvalue weighted by molar-refractivity contribution is 5.29. The van der Waals surface area contributed by atoms with Crippen LogP contribution in [-0.4, -0.2) is 12.1 Å². The number of aryl methyl sites for hydroxylation is 1. The van der Waals surface area contributed by atoms with Crippen molar-refractivity contribution in [2.45, 2.75) is 45.6 Å². The molecule has 1 aliphatic rings. The predicted molar refractivity (Wildman–Crippen MR) is 69.6 cm³/mol. The topological polar surface area (TPSA) is 12.0 Å². The van der Waals surface area contributed by atoms with Gasteiger partial charge in [0, 0.05) is 5.54 Å². The van der Waals surface area contributed by atoms with Gasteiger partial charge >= 0.3 is 0 Å². The van der Waals surface area contributed by atoms with Gasteiger partial charge in [-0.25, -0.2) is 4.39 Å². The monoisotopic (exact) mass is 235 g/mol. The van der Waals surface area contributed by atoms with Crippen LogP contribution in [0, 0.1) is 18.7 Å². The standard InChI is InChI=1S/C15H22FN/c1-11(2)15(7-4-8-17-15)10-13-5-6-14(16)9-12(13)3/h5-6,9,11,17H,4,7-8,10H2,1-3H3. The molecule has 1 atom stereocenters. The third-order valence-corrected chi connectivity index (χ3v) is 4.19. The first-order valence-electron chi connectivity index (χ1n) is 6.53. The Labute approximate surface area is 103 Å². The molecule has 1 fully saturated rings. The zero-order chi connectivity index (χ0) is 12.5. The van der Waals surface area contributed by atoms with Crippen LogP contribution in [0.3, 0.4) is 0 Å². The van der Waals surface area contributed by atoms with Gasteiger partial charge in [0.2, 0.25) is 0 Å². The zero-order valence-electron chi connectivity index (χ0n) is 11.0. The molecule has 1 aromatic rings. The zero-order valence-corrected chi connectivity index (χ0v) is 11.0. The fraction of sp³-hybridized carbons (Fsp3) is 0.600. The lowest BCUT2D eigenvalue weighted by Gasteiger charge is -2.34. The van der Waals surface area contributed by atoms with Gasteiger partial charge in [-0.15, -0.1) is 0 Å². The normalized spacial score (nSPS) is 24.5. The molecule has 0 amide bonds. The Kier molecular flexibility index (Phi) is 3.53. The summed E-state index contributed by atoms with van der Waals surface area (Å²) >= 11 is 0. The molecule has 1 unspecified atom stereocenters. The lowest BCUT2D eigenvalue weighted by molar-refractivity contribution is 0.269. The van der Waals surface area contributed by atoms with Crippen molar-refractivity contribution in [3.05, 3.63) is 35.1 Å². The molecule has 1 nitrogen and oxygen atoms in total. The van der Waals surface area contributed by atoms with Gasteiger partial charge in [0.15, 0.2) is 0 Å². The maximum Gasteiger partial charge on any atom is 0.123 e. The summed E-state index contributed by atoms with van der Waals surface area (Å²) in [6.45, 7) is 7.66. The summed E-state index contributed by atoms with van der Waals surface area (Å²) in [5, 5.41) is 3.67. The van der Waals surface area contributed by atoms with Gasteiger partial charge in [-0.3, -0.25) is 0 Å². The predicted octanol–water partition coefficient (Wildman–Crippen LogP) is 3.45. The molecule has 94 valence electrons. The molecule has 1 N–H and O–H groups in total. The molecule has 1 aliphatic heterocycles. The van der Waals surface area contributed by atoms with Crippen LogP contribution in [0.5, 0.6) is 0 Å². The Bertz CT molecular complexity index is 392. The van der Waals surface area contributed by atoms with Crippen LogP contribution < -0.4 is 5.32 Å². The van der Waals surface area contributed by atoms with Crippen LogP contribution in [0.4, 0.5) is 4.39 Å². The molecule has 0 bridgehead atoms. The Morgan fingerprint density at radius 3 is 2.71 bits per heavy atom. The van der Waals surface area contributed by atoms with E-state index in [0.29, 0.717) is 5.92 Å². The van der Waals surface area contributed by atoms with Crippen LogP contribution in [0.25, 0.3) is 0 Å². The molecule has 0 spiro atoms. The number of hydrogen-bond acceptors (Lipinski definition) is 1. The highest BCUT2D eigenvalue weighted by atomic mass is 19.1. The van der Waals surface area contributed by atoms with E-state index in [9.17, 15) is 4.39 Å². The maximum absolute atomic E-state index is 13.1. The van der Waals surface area contributed by atoms with Crippen molar-refractivity contribution in [1.29, 1.82) is 0 Å². The quantitative estimate of drug-likeness (QED) is 0.846. The van der Waals surface area contributed by atoms with E-state index >= 15 is 0 Å². The van der Waals surface area contributed by atoms with Crippen molar-refractivity contribution in [2.75, 3.05) is 6.54 Å². The van der Waals surface area contributed by atoms with E-state index < -0.39 is 0 Å². The van der Waals surface area contributed by atoms with Gasteiger partial charge in [-0.05, 0) is 61.9 Å². The van der Waals surface area contributed by atoms with Crippen molar-refractivity contribution < 1.29 is 4.39 Å². The lowest BCUT2D eigenvalue weighted by atomic mass is 9.79. The van der Waals surface area contributed by atoms with Crippen molar-refractivity contribution in [3.63, 3.8) is 0 Å². The van der Waals surface area contributed by atoms with Crippen molar-refractivity contribution in [2.24, 2.45) is 5.92 Å². The Morgan fingerprint density at radius 1 is 1.41 bits per heavy atom. The van der Waals surface area contributed by atoms with Crippen LogP contribution in [0.15, 0.2) is 18.2 Å². The SMILES string of the molecule is Cc1cc(F)ccc1CC1(C(C)C)CCCN1. The van der Waals surface area contributed by atoms with Crippen molar-refractivity contribution in [1.82, 2.24) is 5.32 Å². The van der Waals surface area contributed by atoms with E-state index in [0.717, 1.165) is 18.5 Å². The van der Waals surface area contributed by atoms with E-state index in [1.165, 1.54) is 18.4 Å². The van der Waals surface area contributed by atoms with Gasteiger partial charge in [0.25, 0.3) is 0 Å². The first kappa shape index (κ1) is 12.6. The molecule has 0 radical (unpaired) electrons. The fourth-order valence-electron chi connectivity index (χ4n) is 2.87. The van der Waals surface area contributed by atoms with Gasteiger partial charge in [-0.1, -0.05) is 19.9 Å². The van der Waals surface area contributed by atoms with Crippen molar-refractivity contribution in [3.8, 4) is 0 Å². The summed E-state index contributed by atoms with van der Waals surface area (Å²) in [7, 11) is 0. The van der Waals surface area contributed by atoms with Gasteiger partial charge in [0.1, 0.15) is 5.82 Å². The Morgan fingerprint density at radius 2 is 2.18 bits per heavy atom. The minimum atomic E-state index is -0.135. The fourth-order valence-corrected chi connectivity index (χ4v) is 2.87. The molecule has 1 saturated heterocycles. The first-order chi connectivity index (χ1) is 8.03.